The second-order valence-electron chi connectivity index (χ2n) is 4.53. The molecule has 20 heavy (non-hydrogen) atoms. The summed E-state index contributed by atoms with van der Waals surface area (Å²) in [6, 6.07) is 3.77. The van der Waals surface area contributed by atoms with E-state index in [1.165, 1.54) is 0 Å². The third-order valence-electron chi connectivity index (χ3n) is 3.22. The van der Waals surface area contributed by atoms with Gasteiger partial charge in [0.15, 0.2) is 0 Å². The molecule has 4 nitrogen and oxygen atoms in total. The van der Waals surface area contributed by atoms with Crippen LogP contribution in [0.5, 0.6) is 5.75 Å². The van der Waals surface area contributed by atoms with Crippen molar-refractivity contribution < 1.29 is 13.9 Å². The topological polar surface area (TPSA) is 64.3 Å². The number of nitrogens with two attached hydrogens (primary N) is 1. The standard InChI is InChI=1S/C14H17FN2O2.ClH/c1-9-12(19-8-10(6-15)7-16)4-2-11-3-5-13(18)17-14(9)11;/h2,4,6H,3,5,7-8,16H2,1H3,(H,17,18);1H/b10-6+;. The van der Waals surface area contributed by atoms with E-state index in [0.29, 0.717) is 24.1 Å². The molecule has 1 aromatic rings. The summed E-state index contributed by atoms with van der Waals surface area (Å²) in [5, 5.41) is 2.85. The van der Waals surface area contributed by atoms with Gasteiger partial charge in [-0.3, -0.25) is 4.79 Å². The zero-order valence-electron chi connectivity index (χ0n) is 11.2. The molecule has 0 atom stereocenters. The molecule has 1 aliphatic heterocycles. The fraction of sp³-hybridized carbons (Fsp3) is 0.357. The summed E-state index contributed by atoms with van der Waals surface area (Å²) < 4.78 is 17.9. The number of anilines is 1. The molecule has 0 spiro atoms. The number of hydrogen-bond acceptors (Lipinski definition) is 3. The van der Waals surface area contributed by atoms with Gasteiger partial charge in [0.2, 0.25) is 5.91 Å². The van der Waals surface area contributed by atoms with Gasteiger partial charge in [0, 0.05) is 24.1 Å². The van der Waals surface area contributed by atoms with Crippen LogP contribution in [0.1, 0.15) is 17.5 Å². The number of hydrogen-bond donors (Lipinski definition) is 2. The first-order valence-corrected chi connectivity index (χ1v) is 6.19. The molecule has 3 N–H and O–H groups in total. The van der Waals surface area contributed by atoms with Gasteiger partial charge in [-0.05, 0) is 25.0 Å². The van der Waals surface area contributed by atoms with Gasteiger partial charge in [0.05, 0.1) is 12.0 Å². The molecule has 0 saturated carbocycles. The Morgan fingerprint density at radius 3 is 2.90 bits per heavy atom. The van der Waals surface area contributed by atoms with Crippen molar-refractivity contribution in [2.24, 2.45) is 5.73 Å². The van der Waals surface area contributed by atoms with Gasteiger partial charge < -0.3 is 15.8 Å². The van der Waals surface area contributed by atoms with Crippen molar-refractivity contribution in [1.29, 1.82) is 0 Å². The Hall–Kier alpha value is -1.59. The van der Waals surface area contributed by atoms with Crippen molar-refractivity contribution in [3.63, 3.8) is 0 Å². The van der Waals surface area contributed by atoms with Gasteiger partial charge in [0.25, 0.3) is 0 Å². The molecule has 0 radical (unpaired) electrons. The molecule has 2 rings (SSSR count). The average molecular weight is 301 g/mol. The SMILES string of the molecule is Cc1c(OC/C(=C/F)CN)ccc2c1NC(=O)CC2.Cl. The lowest BCUT2D eigenvalue weighted by Crippen LogP contribution is -2.20. The fourth-order valence-electron chi connectivity index (χ4n) is 2.04. The minimum atomic E-state index is 0. The number of carbonyl (C=O) groups excluding carboxylic acids is 1. The molecule has 1 amide bonds. The number of halogens is 2. The summed E-state index contributed by atoms with van der Waals surface area (Å²) >= 11 is 0. The molecule has 1 heterocycles. The van der Waals surface area contributed by atoms with Crippen LogP contribution in [0.25, 0.3) is 0 Å². The summed E-state index contributed by atoms with van der Waals surface area (Å²) in [7, 11) is 0. The average Bonchev–Trinajstić information content (AvgIpc) is 2.42. The normalized spacial score (nSPS) is 14.2. The van der Waals surface area contributed by atoms with Crippen LogP contribution in [-0.2, 0) is 11.2 Å². The minimum Gasteiger partial charge on any atom is -0.489 e. The Labute approximate surface area is 123 Å². The Morgan fingerprint density at radius 1 is 1.50 bits per heavy atom. The molecule has 1 aromatic carbocycles. The van der Waals surface area contributed by atoms with Gasteiger partial charge in [-0.1, -0.05) is 6.07 Å². The molecular formula is C14H18ClFN2O2. The van der Waals surface area contributed by atoms with E-state index in [1.807, 2.05) is 19.1 Å². The Morgan fingerprint density at radius 2 is 2.25 bits per heavy atom. The minimum absolute atomic E-state index is 0. The van der Waals surface area contributed by atoms with Gasteiger partial charge >= 0.3 is 0 Å². The highest BCUT2D eigenvalue weighted by atomic mass is 35.5. The van der Waals surface area contributed by atoms with Gasteiger partial charge in [-0.2, -0.15) is 0 Å². The molecule has 0 saturated heterocycles. The van der Waals surface area contributed by atoms with Crippen molar-refractivity contribution in [2.75, 3.05) is 18.5 Å². The third kappa shape index (κ3) is 3.49. The van der Waals surface area contributed by atoms with E-state index in [0.717, 1.165) is 23.2 Å². The number of amides is 1. The number of rotatable bonds is 4. The highest BCUT2D eigenvalue weighted by molar-refractivity contribution is 5.95. The maximum absolute atomic E-state index is 12.4. The van der Waals surface area contributed by atoms with Crippen LogP contribution in [0.3, 0.4) is 0 Å². The summed E-state index contributed by atoms with van der Waals surface area (Å²) in [6.45, 7) is 2.11. The smallest absolute Gasteiger partial charge is 0.224 e. The van der Waals surface area contributed by atoms with E-state index in [4.69, 9.17) is 10.5 Å². The molecule has 110 valence electrons. The van der Waals surface area contributed by atoms with Crippen LogP contribution in [0, 0.1) is 6.92 Å². The van der Waals surface area contributed by atoms with Crippen molar-refractivity contribution in [2.45, 2.75) is 19.8 Å². The molecule has 0 fully saturated rings. The van der Waals surface area contributed by atoms with Crippen LogP contribution in [-0.4, -0.2) is 19.1 Å². The van der Waals surface area contributed by atoms with Crippen molar-refractivity contribution in [1.82, 2.24) is 0 Å². The van der Waals surface area contributed by atoms with Crippen LogP contribution in [0.2, 0.25) is 0 Å². The molecule has 0 unspecified atom stereocenters. The van der Waals surface area contributed by atoms with Crippen molar-refractivity contribution >= 4 is 24.0 Å². The Bertz CT molecular complexity index is 532. The lowest BCUT2D eigenvalue weighted by molar-refractivity contribution is -0.116. The summed E-state index contributed by atoms with van der Waals surface area (Å²) in [4.78, 5) is 11.4. The number of aryl methyl sites for hydroxylation is 1. The molecule has 1 aliphatic rings. The lowest BCUT2D eigenvalue weighted by Gasteiger charge is -2.21. The number of fused-ring (bicyclic) bond motifs is 1. The van der Waals surface area contributed by atoms with Gasteiger partial charge in [0.1, 0.15) is 12.4 Å². The van der Waals surface area contributed by atoms with Crippen molar-refractivity contribution in [3.8, 4) is 5.75 Å². The predicted molar refractivity (Wildman–Crippen MR) is 79.1 cm³/mol. The second kappa shape index (κ2) is 7.26. The zero-order chi connectivity index (χ0) is 13.8. The van der Waals surface area contributed by atoms with Gasteiger partial charge in [-0.15, -0.1) is 12.4 Å². The fourth-order valence-corrected chi connectivity index (χ4v) is 2.04. The zero-order valence-corrected chi connectivity index (χ0v) is 12.1. The summed E-state index contributed by atoms with van der Waals surface area (Å²) in [5.41, 5.74) is 8.53. The number of nitrogens with one attached hydrogen (secondary N) is 1. The first-order valence-electron chi connectivity index (χ1n) is 6.19. The molecular weight excluding hydrogens is 283 g/mol. The summed E-state index contributed by atoms with van der Waals surface area (Å²) in [5.74, 6) is 0.646. The van der Waals surface area contributed by atoms with E-state index in [1.54, 1.807) is 0 Å². The van der Waals surface area contributed by atoms with Crippen LogP contribution < -0.4 is 15.8 Å². The van der Waals surface area contributed by atoms with E-state index in [-0.39, 0.29) is 31.5 Å². The number of ether oxygens (including phenoxy) is 1. The first kappa shape index (κ1) is 16.5. The number of carbonyl (C=O) groups is 1. The van der Waals surface area contributed by atoms with Crippen LogP contribution in [0.15, 0.2) is 24.0 Å². The van der Waals surface area contributed by atoms with Crippen LogP contribution >= 0.6 is 12.4 Å². The molecule has 6 heteroatoms. The Kier molecular flexibility index (Phi) is 5.98. The maximum Gasteiger partial charge on any atom is 0.224 e. The summed E-state index contributed by atoms with van der Waals surface area (Å²) in [6.07, 6.45) is 1.71. The largest absolute Gasteiger partial charge is 0.489 e. The highest BCUT2D eigenvalue weighted by Gasteiger charge is 2.18. The predicted octanol–water partition coefficient (Wildman–Crippen LogP) is 2.49. The molecule has 0 bridgehead atoms. The quantitative estimate of drug-likeness (QED) is 0.898. The second-order valence-corrected chi connectivity index (χ2v) is 4.53. The maximum atomic E-state index is 12.4. The first-order chi connectivity index (χ1) is 9.15. The van der Waals surface area contributed by atoms with E-state index in [2.05, 4.69) is 5.32 Å². The molecule has 0 aromatic heterocycles. The highest BCUT2D eigenvalue weighted by Crippen LogP contribution is 2.32. The monoisotopic (exact) mass is 300 g/mol. The van der Waals surface area contributed by atoms with E-state index < -0.39 is 0 Å². The third-order valence-corrected chi connectivity index (χ3v) is 3.22. The molecule has 0 aliphatic carbocycles. The van der Waals surface area contributed by atoms with Crippen molar-refractivity contribution in [3.05, 3.63) is 35.2 Å². The number of benzene rings is 1. The Balaban J connectivity index is 0.00000200. The van der Waals surface area contributed by atoms with Crippen LogP contribution in [0.4, 0.5) is 10.1 Å². The van der Waals surface area contributed by atoms with E-state index >= 15 is 0 Å². The lowest BCUT2D eigenvalue weighted by atomic mass is 9.99. The van der Waals surface area contributed by atoms with Gasteiger partial charge in [-0.25, -0.2) is 4.39 Å². The van der Waals surface area contributed by atoms with E-state index in [9.17, 15) is 9.18 Å².